The van der Waals surface area contributed by atoms with Gasteiger partial charge in [0.15, 0.2) is 5.78 Å². The maximum Gasteiger partial charge on any atom is 0.243 e. The Morgan fingerprint density at radius 1 is 1.16 bits per heavy atom. The number of hydrogen-bond donors (Lipinski definition) is 2. The second-order valence-electron chi connectivity index (χ2n) is 4.31. The minimum atomic E-state index is -0.408. The summed E-state index contributed by atoms with van der Waals surface area (Å²) in [6.07, 6.45) is 1.94. The van der Waals surface area contributed by atoms with E-state index in [4.69, 9.17) is 5.21 Å². The molecule has 0 spiro atoms. The number of fused-ring (bicyclic) bond motifs is 1. The van der Waals surface area contributed by atoms with Crippen molar-refractivity contribution >= 4 is 33.1 Å². The number of ketones is 1. The van der Waals surface area contributed by atoms with Crippen LogP contribution in [0.4, 0.5) is 0 Å². The zero-order valence-corrected chi connectivity index (χ0v) is 11.2. The summed E-state index contributed by atoms with van der Waals surface area (Å²) in [6, 6.07) is 9.83. The summed E-state index contributed by atoms with van der Waals surface area (Å²) in [4.78, 5) is 23.6. The number of hydrogen-bond acceptors (Lipinski definition) is 4. The zero-order chi connectivity index (χ0) is 13.7. The molecule has 1 aromatic heterocycles. The third kappa shape index (κ3) is 3.62. The maximum atomic E-state index is 12.0. The Balaban J connectivity index is 1.87. The minimum absolute atomic E-state index is 0.116. The third-order valence-electron chi connectivity index (χ3n) is 2.88. The molecule has 1 heterocycles. The van der Waals surface area contributed by atoms with Gasteiger partial charge in [0.25, 0.3) is 0 Å². The first-order valence-electron chi connectivity index (χ1n) is 6.15. The molecule has 2 aromatic rings. The van der Waals surface area contributed by atoms with Crippen molar-refractivity contribution in [2.45, 2.75) is 25.7 Å². The number of rotatable bonds is 6. The van der Waals surface area contributed by atoms with Gasteiger partial charge in [-0.1, -0.05) is 18.2 Å². The van der Waals surface area contributed by atoms with E-state index in [9.17, 15) is 9.59 Å². The molecule has 19 heavy (non-hydrogen) atoms. The predicted molar refractivity (Wildman–Crippen MR) is 74.6 cm³/mol. The molecule has 0 saturated heterocycles. The first-order chi connectivity index (χ1) is 9.20. The van der Waals surface area contributed by atoms with E-state index in [1.165, 1.54) is 11.3 Å². The van der Waals surface area contributed by atoms with E-state index in [0.717, 1.165) is 15.0 Å². The van der Waals surface area contributed by atoms with Crippen LogP contribution in [-0.2, 0) is 4.79 Å². The first kappa shape index (κ1) is 13.7. The number of unbranched alkanes of at least 4 members (excludes halogenated alkanes) is 1. The number of amides is 1. The number of carbonyl (C=O) groups is 2. The molecule has 0 saturated carbocycles. The van der Waals surface area contributed by atoms with Gasteiger partial charge in [0.1, 0.15) is 0 Å². The summed E-state index contributed by atoms with van der Waals surface area (Å²) >= 11 is 1.51. The molecule has 4 nitrogen and oxygen atoms in total. The van der Waals surface area contributed by atoms with E-state index in [2.05, 4.69) is 0 Å². The SMILES string of the molecule is O=C(CCCCC(=O)c1cc2ccccc2s1)NO. The van der Waals surface area contributed by atoms with Crippen LogP contribution in [0.3, 0.4) is 0 Å². The molecule has 0 aliphatic carbocycles. The lowest BCUT2D eigenvalue weighted by Gasteiger charge is -1.98. The lowest BCUT2D eigenvalue weighted by atomic mass is 10.1. The van der Waals surface area contributed by atoms with Crippen molar-refractivity contribution in [3.63, 3.8) is 0 Å². The van der Waals surface area contributed by atoms with Crippen molar-refractivity contribution in [1.82, 2.24) is 5.48 Å². The highest BCUT2D eigenvalue weighted by Crippen LogP contribution is 2.26. The van der Waals surface area contributed by atoms with Gasteiger partial charge in [0.05, 0.1) is 4.88 Å². The van der Waals surface area contributed by atoms with Crippen molar-refractivity contribution in [3.05, 3.63) is 35.2 Å². The normalized spacial score (nSPS) is 10.6. The Morgan fingerprint density at radius 2 is 1.89 bits per heavy atom. The monoisotopic (exact) mass is 277 g/mol. The summed E-state index contributed by atoms with van der Waals surface area (Å²) < 4.78 is 1.12. The van der Waals surface area contributed by atoms with Gasteiger partial charge in [-0.15, -0.1) is 11.3 Å². The highest BCUT2D eigenvalue weighted by atomic mass is 32.1. The second kappa shape index (κ2) is 6.45. The number of hydroxylamine groups is 1. The molecule has 2 N–H and O–H groups in total. The van der Waals surface area contributed by atoms with Gasteiger partial charge in [0, 0.05) is 17.5 Å². The summed E-state index contributed by atoms with van der Waals surface area (Å²) in [6.45, 7) is 0. The molecule has 5 heteroatoms. The summed E-state index contributed by atoms with van der Waals surface area (Å²) in [5, 5.41) is 9.43. The summed E-state index contributed by atoms with van der Waals surface area (Å²) in [5.74, 6) is -0.292. The summed E-state index contributed by atoms with van der Waals surface area (Å²) in [7, 11) is 0. The molecule has 0 aliphatic heterocycles. The highest BCUT2D eigenvalue weighted by Gasteiger charge is 2.10. The number of benzene rings is 1. The second-order valence-corrected chi connectivity index (χ2v) is 5.40. The van der Waals surface area contributed by atoms with Crippen LogP contribution in [0.5, 0.6) is 0 Å². The molecule has 100 valence electrons. The Labute approximate surface area is 115 Å². The lowest BCUT2D eigenvalue weighted by molar-refractivity contribution is -0.129. The molecule has 0 atom stereocenters. The first-order valence-corrected chi connectivity index (χ1v) is 6.97. The van der Waals surface area contributed by atoms with Crippen LogP contribution in [0.1, 0.15) is 35.4 Å². The van der Waals surface area contributed by atoms with E-state index in [-0.39, 0.29) is 12.2 Å². The van der Waals surface area contributed by atoms with Crippen LogP contribution in [0.15, 0.2) is 30.3 Å². The fraction of sp³-hybridized carbons (Fsp3) is 0.286. The Hall–Kier alpha value is -1.72. The van der Waals surface area contributed by atoms with Crippen LogP contribution in [0, 0.1) is 0 Å². The molecular formula is C14H15NO3S. The maximum absolute atomic E-state index is 12.0. The summed E-state index contributed by atoms with van der Waals surface area (Å²) in [5.41, 5.74) is 1.58. The third-order valence-corrected chi connectivity index (χ3v) is 4.04. The zero-order valence-electron chi connectivity index (χ0n) is 10.4. The Kier molecular flexibility index (Phi) is 4.65. The molecular weight excluding hydrogens is 262 g/mol. The molecule has 2 rings (SSSR count). The van der Waals surface area contributed by atoms with Crippen molar-refractivity contribution in [3.8, 4) is 0 Å². The van der Waals surface area contributed by atoms with Crippen LogP contribution >= 0.6 is 11.3 Å². The molecule has 0 fully saturated rings. The fourth-order valence-corrected chi connectivity index (χ4v) is 2.90. The molecule has 1 aromatic carbocycles. The van der Waals surface area contributed by atoms with Crippen LogP contribution in [0.25, 0.3) is 10.1 Å². The quantitative estimate of drug-likeness (QED) is 0.369. The average molecular weight is 277 g/mol. The smallest absolute Gasteiger partial charge is 0.243 e. The number of nitrogens with one attached hydrogen (secondary N) is 1. The van der Waals surface area contributed by atoms with Crippen LogP contribution in [0.2, 0.25) is 0 Å². The molecule has 0 bridgehead atoms. The lowest BCUT2D eigenvalue weighted by Crippen LogP contribution is -2.17. The van der Waals surface area contributed by atoms with Crippen molar-refractivity contribution in [2.24, 2.45) is 0 Å². The van der Waals surface area contributed by atoms with Gasteiger partial charge in [-0.05, 0) is 30.4 Å². The van der Waals surface area contributed by atoms with E-state index in [1.807, 2.05) is 30.3 Å². The van der Waals surface area contributed by atoms with Gasteiger partial charge in [0.2, 0.25) is 5.91 Å². The number of carbonyl (C=O) groups excluding carboxylic acids is 2. The van der Waals surface area contributed by atoms with E-state index in [1.54, 1.807) is 5.48 Å². The Bertz CT molecular complexity index is 558. The van der Waals surface area contributed by atoms with Gasteiger partial charge >= 0.3 is 0 Å². The molecule has 0 radical (unpaired) electrons. The fourth-order valence-electron chi connectivity index (χ4n) is 1.87. The number of thiophene rings is 1. The van der Waals surface area contributed by atoms with E-state index < -0.39 is 5.91 Å². The molecule has 1 amide bonds. The highest BCUT2D eigenvalue weighted by molar-refractivity contribution is 7.20. The molecule has 0 unspecified atom stereocenters. The topological polar surface area (TPSA) is 66.4 Å². The van der Waals surface area contributed by atoms with Gasteiger partial charge < -0.3 is 0 Å². The van der Waals surface area contributed by atoms with Crippen molar-refractivity contribution in [2.75, 3.05) is 0 Å². The van der Waals surface area contributed by atoms with Gasteiger partial charge in [-0.25, -0.2) is 5.48 Å². The van der Waals surface area contributed by atoms with Crippen molar-refractivity contribution < 1.29 is 14.8 Å². The van der Waals surface area contributed by atoms with Gasteiger partial charge in [-0.3, -0.25) is 14.8 Å². The standard InChI is InChI=1S/C14H15NO3S/c16-11(6-2-4-8-14(17)15-18)13-9-10-5-1-3-7-12(10)19-13/h1,3,5,7,9,18H,2,4,6,8H2,(H,15,17). The van der Waals surface area contributed by atoms with Crippen LogP contribution < -0.4 is 5.48 Å². The largest absolute Gasteiger partial charge is 0.293 e. The molecule has 0 aliphatic rings. The van der Waals surface area contributed by atoms with E-state index >= 15 is 0 Å². The Morgan fingerprint density at radius 3 is 2.63 bits per heavy atom. The van der Waals surface area contributed by atoms with E-state index in [0.29, 0.717) is 19.3 Å². The average Bonchev–Trinajstić information content (AvgIpc) is 2.87. The van der Waals surface area contributed by atoms with Crippen molar-refractivity contribution in [1.29, 1.82) is 0 Å². The number of Topliss-reactive ketones (excluding diaryl/α,β-unsaturated/α-hetero) is 1. The minimum Gasteiger partial charge on any atom is -0.293 e. The predicted octanol–water partition coefficient (Wildman–Crippen LogP) is 3.15. The van der Waals surface area contributed by atoms with Gasteiger partial charge in [-0.2, -0.15) is 0 Å². The van der Waals surface area contributed by atoms with Crippen LogP contribution in [-0.4, -0.2) is 16.9 Å².